The molecule has 4 unspecified atom stereocenters. The zero-order valence-corrected chi connectivity index (χ0v) is 13.3. The fourth-order valence-electron chi connectivity index (χ4n) is 3.89. The number of hydrogen-bond donors (Lipinski definition) is 1. The SMILES string of the molecule is CCC(C)C1CN(CC2CCCCO2)C(C2CC2)CN1. The van der Waals surface area contributed by atoms with E-state index in [9.17, 15) is 0 Å². The van der Waals surface area contributed by atoms with Crippen molar-refractivity contribution in [3.63, 3.8) is 0 Å². The summed E-state index contributed by atoms with van der Waals surface area (Å²) < 4.78 is 5.99. The van der Waals surface area contributed by atoms with E-state index < -0.39 is 0 Å². The molecular formula is C17H32N2O. The molecule has 0 amide bonds. The van der Waals surface area contributed by atoms with E-state index in [0.717, 1.165) is 24.5 Å². The first-order valence-corrected chi connectivity index (χ1v) is 8.87. The first-order chi connectivity index (χ1) is 9.78. The average Bonchev–Trinajstić information content (AvgIpc) is 3.32. The molecule has 0 spiro atoms. The van der Waals surface area contributed by atoms with Gasteiger partial charge >= 0.3 is 0 Å². The maximum Gasteiger partial charge on any atom is 0.0702 e. The van der Waals surface area contributed by atoms with E-state index in [0.29, 0.717) is 12.1 Å². The molecular weight excluding hydrogens is 248 g/mol. The molecule has 3 fully saturated rings. The van der Waals surface area contributed by atoms with Crippen molar-refractivity contribution < 1.29 is 4.74 Å². The number of ether oxygens (including phenoxy) is 1. The normalized spacial score (nSPS) is 37.8. The van der Waals surface area contributed by atoms with Crippen molar-refractivity contribution in [3.8, 4) is 0 Å². The zero-order valence-electron chi connectivity index (χ0n) is 13.3. The van der Waals surface area contributed by atoms with Gasteiger partial charge in [-0.05, 0) is 43.9 Å². The highest BCUT2D eigenvalue weighted by Crippen LogP contribution is 2.37. The summed E-state index contributed by atoms with van der Waals surface area (Å²) >= 11 is 0. The van der Waals surface area contributed by atoms with Crippen LogP contribution in [0.1, 0.15) is 52.4 Å². The lowest BCUT2D eigenvalue weighted by atomic mass is 9.93. The highest BCUT2D eigenvalue weighted by Gasteiger charge is 2.40. The third kappa shape index (κ3) is 3.55. The van der Waals surface area contributed by atoms with Crippen molar-refractivity contribution in [1.29, 1.82) is 0 Å². The molecule has 3 heteroatoms. The number of hydrogen-bond acceptors (Lipinski definition) is 3. The van der Waals surface area contributed by atoms with Crippen LogP contribution in [-0.2, 0) is 4.74 Å². The Morgan fingerprint density at radius 1 is 1.25 bits per heavy atom. The van der Waals surface area contributed by atoms with Crippen LogP contribution in [0.5, 0.6) is 0 Å². The molecule has 2 aliphatic heterocycles. The van der Waals surface area contributed by atoms with E-state index in [1.54, 1.807) is 0 Å². The van der Waals surface area contributed by atoms with Gasteiger partial charge in [0.05, 0.1) is 6.10 Å². The van der Waals surface area contributed by atoms with Gasteiger partial charge in [-0.1, -0.05) is 20.3 Å². The summed E-state index contributed by atoms with van der Waals surface area (Å²) in [7, 11) is 0. The van der Waals surface area contributed by atoms with Crippen LogP contribution in [0, 0.1) is 11.8 Å². The predicted molar refractivity (Wildman–Crippen MR) is 82.9 cm³/mol. The fraction of sp³-hybridized carbons (Fsp3) is 1.00. The van der Waals surface area contributed by atoms with Gasteiger partial charge in [0.15, 0.2) is 0 Å². The minimum absolute atomic E-state index is 0.501. The van der Waals surface area contributed by atoms with E-state index >= 15 is 0 Å². The molecule has 0 radical (unpaired) electrons. The summed E-state index contributed by atoms with van der Waals surface area (Å²) in [5.41, 5.74) is 0. The Labute approximate surface area is 124 Å². The highest BCUT2D eigenvalue weighted by molar-refractivity contribution is 4.96. The molecule has 2 heterocycles. The van der Waals surface area contributed by atoms with Crippen molar-refractivity contribution in [2.45, 2.75) is 70.6 Å². The second-order valence-corrected chi connectivity index (χ2v) is 7.25. The van der Waals surface area contributed by atoms with Crippen molar-refractivity contribution in [2.75, 3.05) is 26.2 Å². The van der Waals surface area contributed by atoms with Crippen LogP contribution in [0.15, 0.2) is 0 Å². The molecule has 0 aromatic carbocycles. The second kappa shape index (κ2) is 6.76. The minimum Gasteiger partial charge on any atom is -0.377 e. The highest BCUT2D eigenvalue weighted by atomic mass is 16.5. The molecule has 116 valence electrons. The molecule has 3 aliphatic rings. The fourth-order valence-corrected chi connectivity index (χ4v) is 3.89. The molecule has 0 aromatic rings. The van der Waals surface area contributed by atoms with Gasteiger partial charge in [0, 0.05) is 38.3 Å². The van der Waals surface area contributed by atoms with Crippen molar-refractivity contribution in [3.05, 3.63) is 0 Å². The molecule has 0 bridgehead atoms. The van der Waals surface area contributed by atoms with Gasteiger partial charge in [0.25, 0.3) is 0 Å². The lowest BCUT2D eigenvalue weighted by Gasteiger charge is -2.44. The van der Waals surface area contributed by atoms with E-state index in [1.807, 2.05) is 0 Å². The number of rotatable bonds is 5. The number of nitrogens with zero attached hydrogens (tertiary/aromatic N) is 1. The van der Waals surface area contributed by atoms with Gasteiger partial charge in [0.2, 0.25) is 0 Å². The predicted octanol–water partition coefficient (Wildman–Crippen LogP) is 2.65. The molecule has 3 nitrogen and oxygen atoms in total. The largest absolute Gasteiger partial charge is 0.377 e. The summed E-state index contributed by atoms with van der Waals surface area (Å²) in [6.45, 7) is 9.30. The van der Waals surface area contributed by atoms with Gasteiger partial charge < -0.3 is 10.1 Å². The van der Waals surface area contributed by atoms with E-state index in [2.05, 4.69) is 24.1 Å². The molecule has 2 saturated heterocycles. The number of piperazine rings is 1. The monoisotopic (exact) mass is 280 g/mol. The average molecular weight is 280 g/mol. The Morgan fingerprint density at radius 3 is 2.75 bits per heavy atom. The Hall–Kier alpha value is -0.120. The van der Waals surface area contributed by atoms with Crippen molar-refractivity contribution >= 4 is 0 Å². The Kier molecular flexibility index (Phi) is 5.00. The van der Waals surface area contributed by atoms with Crippen LogP contribution in [0.25, 0.3) is 0 Å². The Morgan fingerprint density at radius 2 is 2.10 bits per heavy atom. The molecule has 4 atom stereocenters. The van der Waals surface area contributed by atoms with Gasteiger partial charge in [0.1, 0.15) is 0 Å². The molecule has 3 rings (SSSR count). The topological polar surface area (TPSA) is 24.5 Å². The number of nitrogens with one attached hydrogen (secondary N) is 1. The maximum absolute atomic E-state index is 5.99. The van der Waals surface area contributed by atoms with Crippen LogP contribution in [-0.4, -0.2) is 49.3 Å². The summed E-state index contributed by atoms with van der Waals surface area (Å²) in [5.74, 6) is 1.74. The van der Waals surface area contributed by atoms with E-state index in [-0.39, 0.29) is 0 Å². The first-order valence-electron chi connectivity index (χ1n) is 8.87. The first kappa shape index (κ1) is 14.8. The standard InChI is InChI=1S/C17H32N2O/c1-3-13(2)16-12-19(11-15-6-4-5-9-20-15)17(10-18-16)14-7-8-14/h13-18H,3-12H2,1-2H3. The van der Waals surface area contributed by atoms with Crippen molar-refractivity contribution in [2.24, 2.45) is 11.8 Å². The van der Waals surface area contributed by atoms with Crippen LogP contribution in [0.4, 0.5) is 0 Å². The summed E-state index contributed by atoms with van der Waals surface area (Å²) in [4.78, 5) is 2.78. The van der Waals surface area contributed by atoms with Gasteiger partial charge in [-0.3, -0.25) is 4.90 Å². The molecule has 1 N–H and O–H groups in total. The van der Waals surface area contributed by atoms with E-state index in [4.69, 9.17) is 4.74 Å². The third-order valence-corrected chi connectivity index (χ3v) is 5.70. The van der Waals surface area contributed by atoms with Gasteiger partial charge in [-0.15, -0.1) is 0 Å². The Bertz CT molecular complexity index is 297. The van der Waals surface area contributed by atoms with E-state index in [1.165, 1.54) is 58.2 Å². The summed E-state index contributed by atoms with van der Waals surface area (Å²) in [6.07, 6.45) is 8.57. The lowest BCUT2D eigenvalue weighted by molar-refractivity contribution is -0.0263. The zero-order chi connectivity index (χ0) is 13.9. The lowest BCUT2D eigenvalue weighted by Crippen LogP contribution is -2.60. The molecule has 1 aliphatic carbocycles. The Balaban J connectivity index is 1.59. The molecule has 1 saturated carbocycles. The second-order valence-electron chi connectivity index (χ2n) is 7.25. The van der Waals surface area contributed by atoms with Crippen LogP contribution in [0.2, 0.25) is 0 Å². The van der Waals surface area contributed by atoms with Gasteiger partial charge in [-0.2, -0.15) is 0 Å². The van der Waals surface area contributed by atoms with Crippen LogP contribution in [0.3, 0.4) is 0 Å². The van der Waals surface area contributed by atoms with Crippen molar-refractivity contribution in [1.82, 2.24) is 10.2 Å². The summed E-state index contributed by atoms with van der Waals surface area (Å²) in [5, 5.41) is 3.83. The van der Waals surface area contributed by atoms with Crippen LogP contribution < -0.4 is 5.32 Å². The minimum atomic E-state index is 0.501. The molecule has 20 heavy (non-hydrogen) atoms. The maximum atomic E-state index is 5.99. The quantitative estimate of drug-likeness (QED) is 0.838. The molecule has 0 aromatic heterocycles. The van der Waals surface area contributed by atoms with Gasteiger partial charge in [-0.25, -0.2) is 0 Å². The summed E-state index contributed by atoms with van der Waals surface area (Å²) in [6, 6.07) is 1.46. The third-order valence-electron chi connectivity index (χ3n) is 5.70. The smallest absolute Gasteiger partial charge is 0.0702 e. The van der Waals surface area contributed by atoms with Crippen LogP contribution >= 0.6 is 0 Å².